The molecule has 0 spiro atoms. The zero-order valence-electron chi connectivity index (χ0n) is 10.9. The van der Waals surface area contributed by atoms with Gasteiger partial charge in [-0.3, -0.25) is 4.79 Å². The van der Waals surface area contributed by atoms with Gasteiger partial charge in [0.15, 0.2) is 5.76 Å². The molecule has 0 bridgehead atoms. The Kier molecular flexibility index (Phi) is 2.95. The molecule has 0 atom stereocenters. The Hall–Kier alpha value is -2.68. The molecule has 98 valence electrons. The number of ketones is 1. The van der Waals surface area contributed by atoms with E-state index in [2.05, 4.69) is 0 Å². The maximum absolute atomic E-state index is 12.3. The standard InChI is InChI=1S/C17H12O3/c1-11-7-8-13-14(9-11)17(19)20-15(16(13)18)10-12-5-3-2-4-6-12/h2-10H,1H3. The predicted molar refractivity (Wildman–Crippen MR) is 75.3 cm³/mol. The summed E-state index contributed by atoms with van der Waals surface area (Å²) in [5.74, 6) is -0.675. The van der Waals surface area contributed by atoms with Crippen LogP contribution in [0.25, 0.3) is 6.08 Å². The van der Waals surface area contributed by atoms with Crippen LogP contribution in [0.2, 0.25) is 0 Å². The summed E-state index contributed by atoms with van der Waals surface area (Å²) in [5.41, 5.74) is 2.47. The van der Waals surface area contributed by atoms with Crippen LogP contribution in [-0.4, -0.2) is 11.8 Å². The number of Topliss-reactive ketones (excluding diaryl/α,β-unsaturated/α-hetero) is 1. The number of carbonyl (C=O) groups excluding carboxylic acids is 2. The molecule has 0 saturated carbocycles. The van der Waals surface area contributed by atoms with E-state index in [-0.39, 0.29) is 11.5 Å². The van der Waals surface area contributed by atoms with E-state index in [0.717, 1.165) is 11.1 Å². The number of cyclic esters (lactones) is 1. The van der Waals surface area contributed by atoms with Crippen molar-refractivity contribution in [3.8, 4) is 0 Å². The van der Waals surface area contributed by atoms with Gasteiger partial charge < -0.3 is 4.74 Å². The molecule has 0 saturated heterocycles. The van der Waals surface area contributed by atoms with Gasteiger partial charge in [0, 0.05) is 5.56 Å². The molecule has 0 fully saturated rings. The van der Waals surface area contributed by atoms with Crippen LogP contribution in [0.4, 0.5) is 0 Å². The second-order valence-corrected chi connectivity index (χ2v) is 4.69. The number of esters is 1. The zero-order valence-corrected chi connectivity index (χ0v) is 10.9. The van der Waals surface area contributed by atoms with Crippen molar-refractivity contribution in [2.24, 2.45) is 0 Å². The third-order valence-electron chi connectivity index (χ3n) is 3.16. The minimum atomic E-state index is -0.481. The minimum absolute atomic E-state index is 0.0672. The van der Waals surface area contributed by atoms with Gasteiger partial charge in [-0.05, 0) is 30.7 Å². The minimum Gasteiger partial charge on any atom is -0.419 e. The first kappa shape index (κ1) is 12.4. The van der Waals surface area contributed by atoms with Crippen molar-refractivity contribution in [3.05, 3.63) is 76.5 Å². The molecule has 1 heterocycles. The van der Waals surface area contributed by atoms with Crippen molar-refractivity contribution in [1.29, 1.82) is 0 Å². The Balaban J connectivity index is 2.06. The topological polar surface area (TPSA) is 43.4 Å². The quantitative estimate of drug-likeness (QED) is 0.585. The summed E-state index contributed by atoms with van der Waals surface area (Å²) >= 11 is 0. The number of carbonyl (C=O) groups is 2. The first-order valence-electron chi connectivity index (χ1n) is 6.29. The lowest BCUT2D eigenvalue weighted by molar-refractivity contribution is 0.0567. The molecule has 2 aromatic carbocycles. The Labute approximate surface area is 116 Å². The van der Waals surface area contributed by atoms with Gasteiger partial charge in [0.25, 0.3) is 0 Å². The predicted octanol–water partition coefficient (Wildman–Crippen LogP) is 3.39. The van der Waals surface area contributed by atoms with Crippen LogP contribution in [0, 0.1) is 6.92 Å². The number of benzene rings is 2. The molecule has 0 aromatic heterocycles. The fraction of sp³-hybridized carbons (Fsp3) is 0.0588. The molecule has 2 aromatic rings. The van der Waals surface area contributed by atoms with Crippen molar-refractivity contribution in [2.45, 2.75) is 6.92 Å². The molecule has 0 aliphatic carbocycles. The molecule has 3 heteroatoms. The van der Waals surface area contributed by atoms with Crippen LogP contribution in [0.1, 0.15) is 31.8 Å². The van der Waals surface area contributed by atoms with Crippen LogP contribution in [0.15, 0.2) is 54.3 Å². The zero-order chi connectivity index (χ0) is 14.1. The lowest BCUT2D eigenvalue weighted by Crippen LogP contribution is -2.22. The summed E-state index contributed by atoms with van der Waals surface area (Å²) in [7, 11) is 0. The molecule has 1 aliphatic rings. The number of allylic oxidation sites excluding steroid dienone is 1. The number of rotatable bonds is 1. The molecular weight excluding hydrogens is 252 g/mol. The Morgan fingerprint density at radius 2 is 1.70 bits per heavy atom. The Morgan fingerprint density at radius 1 is 0.950 bits per heavy atom. The van der Waals surface area contributed by atoms with E-state index in [0.29, 0.717) is 11.1 Å². The molecule has 3 nitrogen and oxygen atoms in total. The second kappa shape index (κ2) is 4.78. The van der Waals surface area contributed by atoms with Gasteiger partial charge in [0.2, 0.25) is 5.78 Å². The highest BCUT2D eigenvalue weighted by molar-refractivity contribution is 6.19. The SMILES string of the molecule is Cc1ccc2c(c1)C(=O)OC(=Cc1ccccc1)C2=O. The Bertz CT molecular complexity index is 727. The third kappa shape index (κ3) is 2.14. The maximum atomic E-state index is 12.3. The number of hydrogen-bond acceptors (Lipinski definition) is 3. The number of fused-ring (bicyclic) bond motifs is 1. The van der Waals surface area contributed by atoms with Gasteiger partial charge in [-0.15, -0.1) is 0 Å². The van der Waals surface area contributed by atoms with Crippen molar-refractivity contribution in [1.82, 2.24) is 0 Å². The lowest BCUT2D eigenvalue weighted by Gasteiger charge is -2.17. The summed E-state index contributed by atoms with van der Waals surface area (Å²) in [6, 6.07) is 14.5. The number of ether oxygens (including phenoxy) is 1. The fourth-order valence-electron chi connectivity index (χ4n) is 2.15. The van der Waals surface area contributed by atoms with E-state index in [1.165, 1.54) is 0 Å². The summed E-state index contributed by atoms with van der Waals surface area (Å²) < 4.78 is 5.16. The highest BCUT2D eigenvalue weighted by atomic mass is 16.5. The molecular formula is C17H12O3. The lowest BCUT2D eigenvalue weighted by atomic mass is 9.97. The van der Waals surface area contributed by atoms with E-state index in [9.17, 15) is 9.59 Å². The summed E-state index contributed by atoms with van der Waals surface area (Å²) in [4.78, 5) is 24.3. The van der Waals surface area contributed by atoms with Crippen molar-refractivity contribution < 1.29 is 14.3 Å². The van der Waals surface area contributed by atoms with Crippen molar-refractivity contribution >= 4 is 17.8 Å². The molecule has 0 unspecified atom stereocenters. The smallest absolute Gasteiger partial charge is 0.344 e. The largest absolute Gasteiger partial charge is 0.419 e. The third-order valence-corrected chi connectivity index (χ3v) is 3.16. The van der Waals surface area contributed by atoms with Crippen LogP contribution in [0.5, 0.6) is 0 Å². The Morgan fingerprint density at radius 3 is 2.45 bits per heavy atom. The molecule has 20 heavy (non-hydrogen) atoms. The van der Waals surface area contributed by atoms with Gasteiger partial charge in [0.1, 0.15) is 0 Å². The van der Waals surface area contributed by atoms with E-state index < -0.39 is 5.97 Å². The summed E-state index contributed by atoms with van der Waals surface area (Å²) in [6.45, 7) is 1.87. The average molecular weight is 264 g/mol. The van der Waals surface area contributed by atoms with Crippen molar-refractivity contribution in [3.63, 3.8) is 0 Å². The van der Waals surface area contributed by atoms with Crippen LogP contribution in [0.3, 0.4) is 0 Å². The van der Waals surface area contributed by atoms with Gasteiger partial charge in [-0.1, -0.05) is 42.0 Å². The van der Waals surface area contributed by atoms with Crippen LogP contribution < -0.4 is 0 Å². The van der Waals surface area contributed by atoms with E-state index >= 15 is 0 Å². The summed E-state index contributed by atoms with van der Waals surface area (Å²) in [6.07, 6.45) is 1.59. The van der Waals surface area contributed by atoms with Gasteiger partial charge in [-0.25, -0.2) is 4.79 Å². The van der Waals surface area contributed by atoms with Crippen LogP contribution >= 0.6 is 0 Å². The monoisotopic (exact) mass is 264 g/mol. The molecule has 3 rings (SSSR count). The van der Waals surface area contributed by atoms with E-state index in [1.807, 2.05) is 43.3 Å². The molecule has 0 amide bonds. The van der Waals surface area contributed by atoms with Crippen LogP contribution in [-0.2, 0) is 4.74 Å². The average Bonchev–Trinajstić information content (AvgIpc) is 2.45. The highest BCUT2D eigenvalue weighted by Crippen LogP contribution is 2.25. The van der Waals surface area contributed by atoms with Gasteiger partial charge >= 0.3 is 5.97 Å². The van der Waals surface area contributed by atoms with E-state index in [1.54, 1.807) is 18.2 Å². The molecule has 1 aliphatic heterocycles. The first-order chi connectivity index (χ1) is 9.65. The summed E-state index contributed by atoms with van der Waals surface area (Å²) in [5, 5.41) is 0. The highest BCUT2D eigenvalue weighted by Gasteiger charge is 2.29. The van der Waals surface area contributed by atoms with Crippen molar-refractivity contribution in [2.75, 3.05) is 0 Å². The first-order valence-corrected chi connectivity index (χ1v) is 6.29. The van der Waals surface area contributed by atoms with Gasteiger partial charge in [-0.2, -0.15) is 0 Å². The van der Waals surface area contributed by atoms with Gasteiger partial charge in [0.05, 0.1) is 5.56 Å². The second-order valence-electron chi connectivity index (χ2n) is 4.69. The maximum Gasteiger partial charge on any atom is 0.344 e. The fourth-order valence-corrected chi connectivity index (χ4v) is 2.15. The number of aryl methyl sites for hydroxylation is 1. The molecule has 0 N–H and O–H groups in total. The molecule has 0 radical (unpaired) electrons. The van der Waals surface area contributed by atoms with E-state index in [4.69, 9.17) is 4.74 Å². The number of hydrogen-bond donors (Lipinski definition) is 0. The normalized spacial score (nSPS) is 15.9.